The van der Waals surface area contributed by atoms with Crippen molar-refractivity contribution in [1.29, 1.82) is 0 Å². The molecule has 5 nitrogen and oxygen atoms in total. The maximum atomic E-state index is 6.98. The Kier molecular flexibility index (Phi) is 6.42. The number of aromatic nitrogens is 4. The highest BCUT2D eigenvalue weighted by molar-refractivity contribution is 6.24. The van der Waals surface area contributed by atoms with E-state index in [1.807, 2.05) is 54.6 Å². The zero-order valence-corrected chi connectivity index (χ0v) is 26.9. The molecule has 0 amide bonds. The second-order valence-corrected chi connectivity index (χ2v) is 12.4. The molecule has 0 unspecified atom stereocenters. The predicted molar refractivity (Wildman–Crippen MR) is 203 cm³/mol. The van der Waals surface area contributed by atoms with E-state index in [9.17, 15) is 0 Å². The van der Waals surface area contributed by atoms with E-state index >= 15 is 0 Å². The maximum absolute atomic E-state index is 6.98. The zero-order valence-electron chi connectivity index (χ0n) is 26.9. The minimum atomic E-state index is 0.560. The standard InChI is InChI=1S/C45H28N4O/c1-4-15-29(16-5-1)32-21-10-11-22-35(32)44-46-43(30-17-6-2-7-18-30)47-45(48-44)37-25-14-24-33-34-27-28-39-40(42(34)50-41(33)37)36-23-12-13-26-38(36)49(39)31-19-8-3-9-20-31/h1-28H. The molecule has 5 heteroatoms. The van der Waals surface area contributed by atoms with Crippen molar-refractivity contribution in [3.05, 3.63) is 170 Å². The summed E-state index contributed by atoms with van der Waals surface area (Å²) in [7, 11) is 0. The molecule has 0 atom stereocenters. The third-order valence-corrected chi connectivity index (χ3v) is 9.48. The van der Waals surface area contributed by atoms with Gasteiger partial charge in [-0.3, -0.25) is 0 Å². The SMILES string of the molecule is c1ccc(-c2nc(-c3ccccc3-c3ccccc3)nc(-c3cccc4c3oc3c4ccc4c3c3ccccc3n4-c3ccccc3)n2)cc1. The Morgan fingerprint density at radius 3 is 1.70 bits per heavy atom. The van der Waals surface area contributed by atoms with E-state index in [4.69, 9.17) is 19.4 Å². The van der Waals surface area contributed by atoms with Crippen LogP contribution in [0.5, 0.6) is 0 Å². The molecule has 234 valence electrons. The van der Waals surface area contributed by atoms with Gasteiger partial charge in [-0.25, -0.2) is 15.0 Å². The topological polar surface area (TPSA) is 56.7 Å². The average molecular weight is 641 g/mol. The fourth-order valence-corrected chi connectivity index (χ4v) is 7.22. The van der Waals surface area contributed by atoms with Crippen LogP contribution < -0.4 is 0 Å². The minimum Gasteiger partial charge on any atom is -0.455 e. The third kappa shape index (κ3) is 4.45. The molecule has 50 heavy (non-hydrogen) atoms. The van der Waals surface area contributed by atoms with E-state index in [0.29, 0.717) is 17.5 Å². The van der Waals surface area contributed by atoms with Crippen LogP contribution in [0.4, 0.5) is 0 Å². The van der Waals surface area contributed by atoms with E-state index in [2.05, 4.69) is 120 Å². The third-order valence-electron chi connectivity index (χ3n) is 9.48. The van der Waals surface area contributed by atoms with Gasteiger partial charge in [0.1, 0.15) is 11.2 Å². The van der Waals surface area contributed by atoms with Crippen molar-refractivity contribution < 1.29 is 4.42 Å². The van der Waals surface area contributed by atoms with Crippen LogP contribution in [0.3, 0.4) is 0 Å². The molecular weight excluding hydrogens is 613 g/mol. The van der Waals surface area contributed by atoms with Gasteiger partial charge in [-0.05, 0) is 47.5 Å². The highest BCUT2D eigenvalue weighted by atomic mass is 16.3. The Balaban J connectivity index is 1.24. The lowest BCUT2D eigenvalue weighted by atomic mass is 9.99. The fourth-order valence-electron chi connectivity index (χ4n) is 7.22. The van der Waals surface area contributed by atoms with E-state index < -0.39 is 0 Å². The van der Waals surface area contributed by atoms with E-state index in [1.54, 1.807) is 0 Å². The van der Waals surface area contributed by atoms with Crippen LogP contribution >= 0.6 is 0 Å². The summed E-state index contributed by atoms with van der Waals surface area (Å²) in [5.74, 6) is 1.77. The first-order chi connectivity index (χ1) is 24.8. The summed E-state index contributed by atoms with van der Waals surface area (Å²) in [6.45, 7) is 0. The number of rotatable bonds is 5. The van der Waals surface area contributed by atoms with Crippen LogP contribution in [-0.4, -0.2) is 19.5 Å². The number of benzene rings is 7. The van der Waals surface area contributed by atoms with E-state index in [-0.39, 0.29) is 0 Å². The molecule has 7 aromatic carbocycles. The number of fused-ring (bicyclic) bond motifs is 7. The summed E-state index contributed by atoms with van der Waals surface area (Å²) in [6, 6.07) is 58.4. The van der Waals surface area contributed by atoms with Crippen LogP contribution in [0.1, 0.15) is 0 Å². The normalized spacial score (nSPS) is 11.6. The van der Waals surface area contributed by atoms with Crippen molar-refractivity contribution in [2.75, 3.05) is 0 Å². The molecule has 3 heterocycles. The van der Waals surface area contributed by atoms with Crippen LogP contribution in [0.25, 0.3) is 94.7 Å². The van der Waals surface area contributed by atoms with Crippen molar-refractivity contribution in [3.63, 3.8) is 0 Å². The molecule has 0 aliphatic carbocycles. The first-order valence-electron chi connectivity index (χ1n) is 16.7. The van der Waals surface area contributed by atoms with Crippen molar-refractivity contribution >= 4 is 43.7 Å². The van der Waals surface area contributed by atoms with Crippen molar-refractivity contribution in [2.45, 2.75) is 0 Å². The maximum Gasteiger partial charge on any atom is 0.167 e. The molecule has 0 saturated heterocycles. The predicted octanol–water partition coefficient (Wildman–Crippen LogP) is 11.5. The lowest BCUT2D eigenvalue weighted by Gasteiger charge is -2.12. The zero-order chi connectivity index (χ0) is 33.0. The fraction of sp³-hybridized carbons (Fsp3) is 0. The highest BCUT2D eigenvalue weighted by Gasteiger charge is 2.22. The first-order valence-corrected chi connectivity index (χ1v) is 16.7. The van der Waals surface area contributed by atoms with Gasteiger partial charge >= 0.3 is 0 Å². The summed E-state index contributed by atoms with van der Waals surface area (Å²) in [5.41, 5.74) is 9.77. The quantitative estimate of drug-likeness (QED) is 0.188. The van der Waals surface area contributed by atoms with Gasteiger partial charge in [0.2, 0.25) is 0 Å². The molecule has 0 bridgehead atoms. The first kappa shape index (κ1) is 28.2. The highest BCUT2D eigenvalue weighted by Crippen LogP contribution is 2.43. The van der Waals surface area contributed by atoms with Gasteiger partial charge in [0, 0.05) is 33.0 Å². The lowest BCUT2D eigenvalue weighted by Crippen LogP contribution is -2.01. The second kappa shape index (κ2) is 11.4. The molecule has 10 aromatic rings. The molecule has 0 spiro atoms. The lowest BCUT2D eigenvalue weighted by molar-refractivity contribution is 0.673. The molecule has 0 N–H and O–H groups in total. The van der Waals surface area contributed by atoms with Gasteiger partial charge in [0.25, 0.3) is 0 Å². The summed E-state index contributed by atoms with van der Waals surface area (Å²) in [6.07, 6.45) is 0. The Bertz CT molecular complexity index is 2860. The summed E-state index contributed by atoms with van der Waals surface area (Å²) in [5, 5.41) is 4.30. The largest absolute Gasteiger partial charge is 0.455 e. The molecule has 10 rings (SSSR count). The molecular formula is C45H28N4O. The van der Waals surface area contributed by atoms with Gasteiger partial charge in [0.15, 0.2) is 17.5 Å². The van der Waals surface area contributed by atoms with Gasteiger partial charge in [-0.15, -0.1) is 0 Å². The van der Waals surface area contributed by atoms with Gasteiger partial charge in [0.05, 0.1) is 22.0 Å². The number of furan rings is 1. The number of hydrogen-bond donors (Lipinski definition) is 0. The molecule has 0 fully saturated rings. The summed E-state index contributed by atoms with van der Waals surface area (Å²) in [4.78, 5) is 15.3. The molecule has 0 aliphatic rings. The van der Waals surface area contributed by atoms with E-state index in [0.717, 1.165) is 77.2 Å². The van der Waals surface area contributed by atoms with Crippen LogP contribution in [0.2, 0.25) is 0 Å². The molecule has 3 aromatic heterocycles. The minimum absolute atomic E-state index is 0.560. The van der Waals surface area contributed by atoms with Crippen molar-refractivity contribution in [3.8, 4) is 51.0 Å². The van der Waals surface area contributed by atoms with Crippen LogP contribution in [0, 0.1) is 0 Å². The average Bonchev–Trinajstić information content (AvgIpc) is 3.75. The van der Waals surface area contributed by atoms with Gasteiger partial charge in [-0.2, -0.15) is 0 Å². The number of para-hydroxylation sites is 3. The van der Waals surface area contributed by atoms with Gasteiger partial charge in [-0.1, -0.05) is 133 Å². The summed E-state index contributed by atoms with van der Waals surface area (Å²) >= 11 is 0. The second-order valence-electron chi connectivity index (χ2n) is 12.4. The van der Waals surface area contributed by atoms with Gasteiger partial charge < -0.3 is 8.98 Å². The summed E-state index contributed by atoms with van der Waals surface area (Å²) < 4.78 is 9.29. The Morgan fingerprint density at radius 2 is 0.920 bits per heavy atom. The number of nitrogens with zero attached hydrogens (tertiary/aromatic N) is 4. The van der Waals surface area contributed by atoms with Crippen LogP contribution in [0.15, 0.2) is 174 Å². The van der Waals surface area contributed by atoms with Crippen molar-refractivity contribution in [1.82, 2.24) is 19.5 Å². The molecule has 0 saturated carbocycles. The monoisotopic (exact) mass is 640 g/mol. The smallest absolute Gasteiger partial charge is 0.167 e. The molecule has 0 radical (unpaired) electrons. The van der Waals surface area contributed by atoms with E-state index in [1.165, 1.54) is 0 Å². The Hall–Kier alpha value is -6.85. The number of hydrogen-bond acceptors (Lipinski definition) is 4. The van der Waals surface area contributed by atoms with Crippen molar-refractivity contribution in [2.24, 2.45) is 0 Å². The Morgan fingerprint density at radius 1 is 0.360 bits per heavy atom. The Labute approximate surface area is 287 Å². The van der Waals surface area contributed by atoms with Crippen LogP contribution in [-0.2, 0) is 0 Å². The molecule has 0 aliphatic heterocycles.